The van der Waals surface area contributed by atoms with E-state index in [2.05, 4.69) is 6.07 Å². The lowest BCUT2D eigenvalue weighted by Crippen LogP contribution is -2.11. The molecule has 1 aliphatic rings. The Morgan fingerprint density at radius 3 is 2.39 bits per heavy atom. The van der Waals surface area contributed by atoms with Crippen molar-refractivity contribution in [1.29, 1.82) is 5.26 Å². The van der Waals surface area contributed by atoms with E-state index >= 15 is 0 Å². The third kappa shape index (κ3) is 3.40. The van der Waals surface area contributed by atoms with Crippen molar-refractivity contribution >= 4 is 23.2 Å². The highest BCUT2D eigenvalue weighted by molar-refractivity contribution is 6.34. The minimum absolute atomic E-state index is 0.434. The normalized spacial score (nSPS) is 24.3. The smallest absolute Gasteiger partial charge is 0.0624 e. The van der Waals surface area contributed by atoms with Crippen molar-refractivity contribution in [2.24, 2.45) is 5.92 Å². The van der Waals surface area contributed by atoms with Crippen LogP contribution in [0.2, 0.25) is 10.0 Å². The second-order valence-electron chi connectivity index (χ2n) is 5.07. The van der Waals surface area contributed by atoms with E-state index in [-0.39, 0.29) is 0 Å². The predicted molar refractivity (Wildman–Crippen MR) is 76.0 cm³/mol. The van der Waals surface area contributed by atoms with Gasteiger partial charge in [-0.05, 0) is 48.4 Å². The van der Waals surface area contributed by atoms with E-state index in [4.69, 9.17) is 28.5 Å². The summed E-state index contributed by atoms with van der Waals surface area (Å²) in [6.07, 6.45) is 6.65. The van der Waals surface area contributed by atoms with E-state index < -0.39 is 0 Å². The molecule has 0 N–H and O–H groups in total. The number of halogens is 2. The molecule has 0 aliphatic heterocycles. The number of rotatable bonds is 2. The number of benzene rings is 1. The molecule has 96 valence electrons. The first kappa shape index (κ1) is 13.7. The molecule has 1 saturated carbocycles. The molecular formula is C15H17Cl2N. The van der Waals surface area contributed by atoms with E-state index in [0.717, 1.165) is 12.8 Å². The second kappa shape index (κ2) is 6.45. The Hall–Kier alpha value is -0.710. The molecule has 0 bridgehead atoms. The van der Waals surface area contributed by atoms with Gasteiger partial charge < -0.3 is 0 Å². The van der Waals surface area contributed by atoms with Gasteiger partial charge in [0.2, 0.25) is 0 Å². The lowest BCUT2D eigenvalue weighted by molar-refractivity contribution is 0.406. The predicted octanol–water partition coefficient (Wildman–Crippen LogP) is 5.57. The van der Waals surface area contributed by atoms with Crippen LogP contribution >= 0.6 is 23.2 Å². The molecule has 0 aromatic heterocycles. The molecule has 2 unspecified atom stereocenters. The maximum atomic E-state index is 8.98. The molecule has 0 radical (unpaired) electrons. The number of nitrogens with zero attached hydrogens (tertiary/aromatic N) is 1. The Bertz CT molecular complexity index is 430. The largest absolute Gasteiger partial charge is 0.198 e. The Labute approximate surface area is 119 Å². The standard InChI is InChI=1S/C15H17Cl2N/c16-13-8-12(9-14(17)10-13)15-5-3-1-2-4-11(15)6-7-18/h8-11,15H,1-6H2. The van der Waals surface area contributed by atoms with Crippen LogP contribution < -0.4 is 0 Å². The van der Waals surface area contributed by atoms with Crippen LogP contribution in [-0.2, 0) is 0 Å². The SMILES string of the molecule is N#CCC1CCCCCC1c1cc(Cl)cc(Cl)c1. The molecule has 0 spiro atoms. The lowest BCUT2D eigenvalue weighted by atomic mass is 9.81. The van der Waals surface area contributed by atoms with Crippen LogP contribution in [0.25, 0.3) is 0 Å². The molecule has 18 heavy (non-hydrogen) atoms. The number of hydrogen-bond donors (Lipinski definition) is 0. The maximum Gasteiger partial charge on any atom is 0.0624 e. The van der Waals surface area contributed by atoms with Gasteiger partial charge in [0.25, 0.3) is 0 Å². The Morgan fingerprint density at radius 1 is 1.06 bits per heavy atom. The van der Waals surface area contributed by atoms with Crippen LogP contribution in [0, 0.1) is 17.2 Å². The first-order valence-electron chi connectivity index (χ1n) is 6.53. The molecular weight excluding hydrogens is 265 g/mol. The summed E-state index contributed by atoms with van der Waals surface area (Å²) in [7, 11) is 0. The highest BCUT2D eigenvalue weighted by Crippen LogP contribution is 2.39. The average molecular weight is 282 g/mol. The van der Waals surface area contributed by atoms with Gasteiger partial charge >= 0.3 is 0 Å². The second-order valence-corrected chi connectivity index (χ2v) is 5.94. The molecule has 1 aromatic carbocycles. The van der Waals surface area contributed by atoms with Crippen molar-refractivity contribution in [3.05, 3.63) is 33.8 Å². The van der Waals surface area contributed by atoms with E-state index in [1.807, 2.05) is 12.1 Å². The molecule has 3 heteroatoms. The highest BCUT2D eigenvalue weighted by Gasteiger charge is 2.25. The molecule has 1 nitrogen and oxygen atoms in total. The summed E-state index contributed by atoms with van der Waals surface area (Å²) in [5, 5.41) is 10.4. The molecule has 1 fully saturated rings. The van der Waals surface area contributed by atoms with Gasteiger partial charge in [-0.3, -0.25) is 0 Å². The van der Waals surface area contributed by atoms with Crippen molar-refractivity contribution in [2.75, 3.05) is 0 Å². The summed E-state index contributed by atoms with van der Waals surface area (Å²) in [5.41, 5.74) is 1.20. The fourth-order valence-electron chi connectivity index (χ4n) is 2.97. The van der Waals surface area contributed by atoms with Gasteiger partial charge in [-0.15, -0.1) is 0 Å². The van der Waals surface area contributed by atoms with Crippen LogP contribution in [0.4, 0.5) is 0 Å². The molecule has 2 rings (SSSR count). The Balaban J connectivity index is 2.28. The van der Waals surface area contributed by atoms with Gasteiger partial charge in [-0.2, -0.15) is 5.26 Å². The third-order valence-electron chi connectivity index (χ3n) is 3.83. The van der Waals surface area contributed by atoms with E-state index in [1.54, 1.807) is 6.07 Å². The topological polar surface area (TPSA) is 23.8 Å². The molecule has 1 aliphatic carbocycles. The zero-order chi connectivity index (χ0) is 13.0. The lowest BCUT2D eigenvalue weighted by Gasteiger charge is -2.23. The van der Waals surface area contributed by atoms with E-state index in [1.165, 1.54) is 24.8 Å². The summed E-state index contributed by atoms with van der Waals surface area (Å²) in [5.74, 6) is 0.885. The quantitative estimate of drug-likeness (QED) is 0.650. The summed E-state index contributed by atoms with van der Waals surface area (Å²) >= 11 is 12.2. The summed E-state index contributed by atoms with van der Waals surface area (Å²) in [6.45, 7) is 0. The fourth-order valence-corrected chi connectivity index (χ4v) is 3.52. The minimum Gasteiger partial charge on any atom is -0.198 e. The van der Waals surface area contributed by atoms with Crippen molar-refractivity contribution in [1.82, 2.24) is 0 Å². The van der Waals surface area contributed by atoms with Crippen LogP contribution in [0.1, 0.15) is 50.0 Å². The van der Waals surface area contributed by atoms with Crippen LogP contribution in [-0.4, -0.2) is 0 Å². The van der Waals surface area contributed by atoms with E-state index in [0.29, 0.717) is 28.3 Å². The minimum atomic E-state index is 0.434. The average Bonchev–Trinajstić information content (AvgIpc) is 2.54. The number of hydrogen-bond acceptors (Lipinski definition) is 1. The zero-order valence-corrected chi connectivity index (χ0v) is 11.8. The van der Waals surface area contributed by atoms with Crippen molar-refractivity contribution in [3.63, 3.8) is 0 Å². The van der Waals surface area contributed by atoms with Gasteiger partial charge in [-0.1, -0.05) is 42.5 Å². The fraction of sp³-hybridized carbons (Fsp3) is 0.533. The Kier molecular flexibility index (Phi) is 4.92. The number of nitriles is 1. The van der Waals surface area contributed by atoms with Gasteiger partial charge in [0.1, 0.15) is 0 Å². The molecule has 0 amide bonds. The maximum absolute atomic E-state index is 8.98. The van der Waals surface area contributed by atoms with Gasteiger partial charge in [-0.25, -0.2) is 0 Å². The Morgan fingerprint density at radius 2 is 1.72 bits per heavy atom. The van der Waals surface area contributed by atoms with Crippen molar-refractivity contribution in [3.8, 4) is 6.07 Å². The van der Waals surface area contributed by atoms with Gasteiger partial charge in [0, 0.05) is 16.5 Å². The van der Waals surface area contributed by atoms with Crippen LogP contribution in [0.5, 0.6) is 0 Å². The third-order valence-corrected chi connectivity index (χ3v) is 4.26. The summed E-state index contributed by atoms with van der Waals surface area (Å²) < 4.78 is 0. The van der Waals surface area contributed by atoms with Crippen molar-refractivity contribution in [2.45, 2.75) is 44.4 Å². The summed E-state index contributed by atoms with van der Waals surface area (Å²) in [4.78, 5) is 0. The molecule has 2 atom stereocenters. The van der Waals surface area contributed by atoms with Crippen molar-refractivity contribution < 1.29 is 0 Å². The van der Waals surface area contributed by atoms with Gasteiger partial charge in [0.05, 0.1) is 6.07 Å². The first-order chi connectivity index (χ1) is 8.70. The molecule has 1 aromatic rings. The highest BCUT2D eigenvalue weighted by atomic mass is 35.5. The zero-order valence-electron chi connectivity index (χ0n) is 10.3. The van der Waals surface area contributed by atoms with E-state index in [9.17, 15) is 0 Å². The molecule has 0 saturated heterocycles. The van der Waals surface area contributed by atoms with Crippen LogP contribution in [0.15, 0.2) is 18.2 Å². The summed E-state index contributed by atoms with van der Waals surface area (Å²) in [6, 6.07) is 8.11. The molecule has 0 heterocycles. The van der Waals surface area contributed by atoms with Crippen LogP contribution in [0.3, 0.4) is 0 Å². The first-order valence-corrected chi connectivity index (χ1v) is 7.29. The monoisotopic (exact) mass is 281 g/mol. The van der Waals surface area contributed by atoms with Gasteiger partial charge in [0.15, 0.2) is 0 Å².